The molecule has 0 aliphatic heterocycles. The van der Waals surface area contributed by atoms with Gasteiger partial charge in [0.15, 0.2) is 0 Å². The van der Waals surface area contributed by atoms with Gasteiger partial charge in [0.2, 0.25) is 0 Å². The molecule has 0 bridgehead atoms. The van der Waals surface area contributed by atoms with Crippen LogP contribution in [0.1, 0.15) is 26.6 Å². The number of anilines is 3. The van der Waals surface area contributed by atoms with Crippen LogP contribution in [-0.2, 0) is 5.41 Å². The smallest absolute Gasteiger partial charge is 0.145 e. The lowest BCUT2D eigenvalue weighted by atomic mass is 9.96. The van der Waals surface area contributed by atoms with E-state index in [1.54, 1.807) is 6.07 Å². The van der Waals surface area contributed by atoms with Crippen LogP contribution in [0.4, 0.5) is 17.3 Å². The van der Waals surface area contributed by atoms with Gasteiger partial charge in [0, 0.05) is 21.6 Å². The summed E-state index contributed by atoms with van der Waals surface area (Å²) < 4.78 is 1.00. The third-order valence-electron chi connectivity index (χ3n) is 2.64. The highest BCUT2D eigenvalue weighted by Crippen LogP contribution is 2.24. The molecule has 1 aromatic carbocycles. The summed E-state index contributed by atoms with van der Waals surface area (Å²) in [4.78, 5) is 8.93. The maximum atomic E-state index is 5.47. The van der Waals surface area contributed by atoms with Crippen LogP contribution >= 0.6 is 15.9 Å². The lowest BCUT2D eigenvalue weighted by Gasteiger charge is -2.18. The van der Waals surface area contributed by atoms with E-state index in [-0.39, 0.29) is 5.41 Å². The minimum absolute atomic E-state index is 0.152. The van der Waals surface area contributed by atoms with E-state index >= 15 is 0 Å². The molecule has 0 unspecified atom stereocenters. The predicted octanol–water partition coefficient (Wildman–Crippen LogP) is 3.57. The molecule has 1 aromatic heterocycles. The van der Waals surface area contributed by atoms with Gasteiger partial charge < -0.3 is 10.7 Å². The molecular formula is C14H18BrN5. The Bertz CT molecular complexity index is 607. The Morgan fingerprint density at radius 2 is 1.80 bits per heavy atom. The first-order valence-electron chi connectivity index (χ1n) is 6.27. The molecule has 5 nitrogen and oxygen atoms in total. The van der Waals surface area contributed by atoms with Crippen LogP contribution in [-0.4, -0.2) is 9.97 Å². The first-order chi connectivity index (χ1) is 9.38. The van der Waals surface area contributed by atoms with Crippen molar-refractivity contribution in [3.8, 4) is 0 Å². The van der Waals surface area contributed by atoms with Crippen LogP contribution in [0, 0.1) is 0 Å². The zero-order valence-electron chi connectivity index (χ0n) is 11.7. The number of hydrazine groups is 1. The van der Waals surface area contributed by atoms with Crippen molar-refractivity contribution in [1.82, 2.24) is 9.97 Å². The van der Waals surface area contributed by atoms with Crippen LogP contribution in [0.3, 0.4) is 0 Å². The fourth-order valence-electron chi connectivity index (χ4n) is 1.63. The Balaban J connectivity index is 2.36. The maximum Gasteiger partial charge on any atom is 0.145 e. The van der Waals surface area contributed by atoms with Crippen molar-refractivity contribution in [3.05, 3.63) is 40.6 Å². The average Bonchev–Trinajstić information content (AvgIpc) is 2.37. The minimum Gasteiger partial charge on any atom is -0.340 e. The zero-order chi connectivity index (χ0) is 14.8. The summed E-state index contributed by atoms with van der Waals surface area (Å²) >= 11 is 3.44. The van der Waals surface area contributed by atoms with Crippen LogP contribution in [0.15, 0.2) is 34.8 Å². The van der Waals surface area contributed by atoms with Crippen molar-refractivity contribution >= 4 is 33.3 Å². The summed E-state index contributed by atoms with van der Waals surface area (Å²) in [6, 6.07) is 9.66. The number of aromatic nitrogens is 2. The van der Waals surface area contributed by atoms with E-state index in [1.165, 1.54) is 0 Å². The predicted molar refractivity (Wildman–Crippen MR) is 86.0 cm³/mol. The van der Waals surface area contributed by atoms with Gasteiger partial charge in [-0.2, -0.15) is 0 Å². The van der Waals surface area contributed by atoms with E-state index in [4.69, 9.17) is 5.84 Å². The highest BCUT2D eigenvalue weighted by Gasteiger charge is 2.19. The van der Waals surface area contributed by atoms with E-state index in [2.05, 4.69) is 57.4 Å². The van der Waals surface area contributed by atoms with Crippen molar-refractivity contribution in [2.45, 2.75) is 26.2 Å². The average molecular weight is 336 g/mol. The number of benzene rings is 1. The van der Waals surface area contributed by atoms with Gasteiger partial charge in [-0.15, -0.1) is 0 Å². The number of nitrogen functional groups attached to an aromatic ring is 1. The monoisotopic (exact) mass is 335 g/mol. The number of halogens is 1. The van der Waals surface area contributed by atoms with Gasteiger partial charge in [-0.3, -0.25) is 0 Å². The Kier molecular flexibility index (Phi) is 4.25. The van der Waals surface area contributed by atoms with Gasteiger partial charge >= 0.3 is 0 Å². The fourth-order valence-corrected chi connectivity index (χ4v) is 2.03. The van der Waals surface area contributed by atoms with E-state index in [0.29, 0.717) is 11.6 Å². The topological polar surface area (TPSA) is 75.9 Å². The van der Waals surface area contributed by atoms with E-state index in [0.717, 1.165) is 16.0 Å². The van der Waals surface area contributed by atoms with E-state index in [9.17, 15) is 0 Å². The first-order valence-corrected chi connectivity index (χ1v) is 7.06. The Hall–Kier alpha value is -1.66. The third-order valence-corrected chi connectivity index (χ3v) is 3.14. The second-order valence-corrected chi connectivity index (χ2v) is 6.41. The lowest BCUT2D eigenvalue weighted by Crippen LogP contribution is -2.19. The largest absolute Gasteiger partial charge is 0.340 e. The van der Waals surface area contributed by atoms with Crippen molar-refractivity contribution in [2.75, 3.05) is 10.7 Å². The molecule has 1 heterocycles. The minimum atomic E-state index is -0.152. The fraction of sp³-hybridized carbons (Fsp3) is 0.286. The summed E-state index contributed by atoms with van der Waals surface area (Å²) in [7, 11) is 0. The summed E-state index contributed by atoms with van der Waals surface area (Å²) in [6.45, 7) is 6.18. The van der Waals surface area contributed by atoms with E-state index in [1.807, 2.05) is 24.3 Å². The highest BCUT2D eigenvalue weighted by molar-refractivity contribution is 9.10. The summed E-state index contributed by atoms with van der Waals surface area (Å²) in [6.07, 6.45) is 0. The molecule has 4 N–H and O–H groups in total. The molecule has 0 radical (unpaired) electrons. The number of rotatable bonds is 3. The summed E-state index contributed by atoms with van der Waals surface area (Å²) in [5.74, 6) is 7.49. The third kappa shape index (κ3) is 3.68. The van der Waals surface area contributed by atoms with Crippen LogP contribution in [0.5, 0.6) is 0 Å². The molecule has 20 heavy (non-hydrogen) atoms. The molecule has 0 saturated carbocycles. The molecule has 2 aromatic rings. The van der Waals surface area contributed by atoms with Gasteiger partial charge in [-0.25, -0.2) is 15.8 Å². The number of nitrogens with one attached hydrogen (secondary N) is 2. The molecule has 0 amide bonds. The van der Waals surface area contributed by atoms with Gasteiger partial charge in [-0.05, 0) is 18.2 Å². The van der Waals surface area contributed by atoms with Crippen molar-refractivity contribution in [2.24, 2.45) is 5.84 Å². The first kappa shape index (κ1) is 14.7. The molecule has 0 fully saturated rings. The Morgan fingerprint density at radius 3 is 2.40 bits per heavy atom. The zero-order valence-corrected chi connectivity index (χ0v) is 13.3. The SMILES string of the molecule is CC(C)(C)c1nc(NN)cc(Nc2cccc(Br)c2)n1. The second kappa shape index (κ2) is 5.76. The summed E-state index contributed by atoms with van der Waals surface area (Å²) in [5, 5.41) is 3.26. The molecule has 6 heteroatoms. The molecular weight excluding hydrogens is 318 g/mol. The molecule has 0 spiro atoms. The maximum absolute atomic E-state index is 5.47. The quantitative estimate of drug-likeness (QED) is 0.590. The normalized spacial score (nSPS) is 11.2. The lowest BCUT2D eigenvalue weighted by molar-refractivity contribution is 0.547. The molecule has 0 saturated heterocycles. The summed E-state index contributed by atoms with van der Waals surface area (Å²) in [5.41, 5.74) is 3.37. The van der Waals surface area contributed by atoms with Gasteiger partial charge in [0.1, 0.15) is 17.5 Å². The standard InChI is InChI=1S/C14H18BrN5/c1-14(2,3)13-18-11(8-12(19-13)20-16)17-10-6-4-5-9(15)7-10/h4-8H,16H2,1-3H3,(H2,17,18,19,20). The molecule has 0 aliphatic carbocycles. The Morgan fingerprint density at radius 1 is 1.10 bits per heavy atom. The van der Waals surface area contributed by atoms with Crippen molar-refractivity contribution < 1.29 is 0 Å². The molecule has 106 valence electrons. The molecule has 2 rings (SSSR count). The van der Waals surface area contributed by atoms with Crippen molar-refractivity contribution in [3.63, 3.8) is 0 Å². The number of hydrogen-bond donors (Lipinski definition) is 3. The van der Waals surface area contributed by atoms with Crippen LogP contribution in [0.25, 0.3) is 0 Å². The van der Waals surface area contributed by atoms with Gasteiger partial charge in [0.25, 0.3) is 0 Å². The molecule has 0 aliphatic rings. The number of hydrogen-bond acceptors (Lipinski definition) is 5. The van der Waals surface area contributed by atoms with Gasteiger partial charge in [0.05, 0.1) is 0 Å². The van der Waals surface area contributed by atoms with E-state index < -0.39 is 0 Å². The van der Waals surface area contributed by atoms with Crippen molar-refractivity contribution in [1.29, 1.82) is 0 Å². The van der Waals surface area contributed by atoms with Crippen LogP contribution in [0.2, 0.25) is 0 Å². The highest BCUT2D eigenvalue weighted by atomic mass is 79.9. The van der Waals surface area contributed by atoms with Gasteiger partial charge in [-0.1, -0.05) is 42.8 Å². The Labute approximate surface area is 127 Å². The second-order valence-electron chi connectivity index (χ2n) is 5.49. The van der Waals surface area contributed by atoms with Crippen LogP contribution < -0.4 is 16.6 Å². The molecule has 0 atom stereocenters. The number of nitrogens with zero attached hydrogens (tertiary/aromatic N) is 2. The number of nitrogens with two attached hydrogens (primary N) is 1.